The molecule has 0 saturated heterocycles. The molecule has 0 bridgehead atoms. The molecule has 0 atom stereocenters. The van der Waals surface area contributed by atoms with Crippen LogP contribution in [0.5, 0.6) is 0 Å². The smallest absolute Gasteiger partial charge is 0.144 e. The summed E-state index contributed by atoms with van der Waals surface area (Å²) in [6.07, 6.45) is 21.7. The van der Waals surface area contributed by atoms with Crippen molar-refractivity contribution in [3.8, 4) is 0 Å². The van der Waals surface area contributed by atoms with E-state index in [9.17, 15) is 0 Å². The SMILES string of the molecule is CCCCOC(CCCCSSSCCCCC(OCCCC)(OCCCC)[SiH2]CCCC)(OCCCC)[SiH2]CCCC. The van der Waals surface area contributed by atoms with E-state index in [4.69, 9.17) is 18.9 Å². The molecule has 0 unspecified atom stereocenters. The van der Waals surface area contributed by atoms with E-state index in [0.29, 0.717) is 0 Å². The van der Waals surface area contributed by atoms with E-state index >= 15 is 0 Å². The molecule has 0 N–H and O–H groups in total. The van der Waals surface area contributed by atoms with Gasteiger partial charge in [0.25, 0.3) is 0 Å². The summed E-state index contributed by atoms with van der Waals surface area (Å²) >= 11 is 0. The fourth-order valence-corrected chi connectivity index (χ4v) is 13.8. The largest absolute Gasteiger partial charge is 0.354 e. The third-order valence-electron chi connectivity index (χ3n) is 7.94. The van der Waals surface area contributed by atoms with Gasteiger partial charge in [-0.05, 0) is 74.0 Å². The zero-order valence-corrected chi connectivity index (χ0v) is 34.9. The quantitative estimate of drug-likeness (QED) is 0.0279. The topological polar surface area (TPSA) is 36.9 Å². The van der Waals surface area contributed by atoms with E-state index < -0.39 is 19.0 Å². The highest BCUT2D eigenvalue weighted by Crippen LogP contribution is 2.36. The first kappa shape index (κ1) is 44.3. The molecule has 0 amide bonds. The second-order valence-electron chi connectivity index (χ2n) is 12.2. The summed E-state index contributed by atoms with van der Waals surface area (Å²) in [6.45, 7) is 17.0. The summed E-state index contributed by atoms with van der Waals surface area (Å²) in [5.74, 6) is 2.44. The third-order valence-corrected chi connectivity index (χ3v) is 17.1. The van der Waals surface area contributed by atoms with Crippen LogP contribution in [0, 0.1) is 0 Å². The Bertz CT molecular complexity index is 465. The van der Waals surface area contributed by atoms with Gasteiger partial charge in [0.1, 0.15) is 10.8 Å². The van der Waals surface area contributed by atoms with Gasteiger partial charge < -0.3 is 18.9 Å². The summed E-state index contributed by atoms with van der Waals surface area (Å²) < 4.78 is 26.2. The van der Waals surface area contributed by atoms with Crippen LogP contribution in [0.15, 0.2) is 0 Å². The second kappa shape index (κ2) is 33.2. The molecule has 0 aliphatic heterocycles. The molecule has 0 aromatic heterocycles. The van der Waals surface area contributed by atoms with Gasteiger partial charge in [-0.25, -0.2) is 0 Å². The van der Waals surface area contributed by atoms with Gasteiger partial charge in [0, 0.05) is 37.9 Å². The minimum absolute atomic E-state index is 0.221. The third kappa shape index (κ3) is 26.0. The second-order valence-corrected chi connectivity index (χ2v) is 21.2. The Morgan fingerprint density at radius 2 is 0.744 bits per heavy atom. The van der Waals surface area contributed by atoms with Crippen molar-refractivity contribution < 1.29 is 18.9 Å². The lowest BCUT2D eigenvalue weighted by atomic mass is 10.2. The van der Waals surface area contributed by atoms with E-state index in [1.807, 2.05) is 31.4 Å². The number of rotatable bonds is 36. The summed E-state index contributed by atoms with van der Waals surface area (Å²) in [4.78, 5) is 0. The van der Waals surface area contributed by atoms with Crippen molar-refractivity contribution in [3.05, 3.63) is 0 Å². The lowest BCUT2D eigenvalue weighted by Gasteiger charge is -2.34. The molecule has 0 fully saturated rings. The van der Waals surface area contributed by atoms with Crippen LogP contribution in [-0.2, 0) is 18.9 Å². The maximum Gasteiger partial charge on any atom is 0.144 e. The summed E-state index contributed by atoms with van der Waals surface area (Å²) in [6, 6.07) is 2.68. The Hall–Kier alpha value is 1.32. The average Bonchev–Trinajstić information content (AvgIpc) is 3.00. The number of ether oxygens (including phenoxy) is 4. The molecule has 43 heavy (non-hydrogen) atoms. The predicted octanol–water partition coefficient (Wildman–Crippen LogP) is 10.7. The summed E-state index contributed by atoms with van der Waals surface area (Å²) in [5, 5.41) is 0. The minimum Gasteiger partial charge on any atom is -0.354 e. The first-order chi connectivity index (χ1) is 21.1. The molecule has 0 radical (unpaired) electrons. The molecule has 0 aromatic rings. The average molecular weight is 699 g/mol. The summed E-state index contributed by atoms with van der Waals surface area (Å²) in [7, 11) is 5.25. The fourth-order valence-electron chi connectivity index (χ4n) is 5.02. The maximum atomic E-state index is 6.56. The highest BCUT2D eigenvalue weighted by molar-refractivity contribution is 9.09. The molecular weight excluding hydrogens is 625 g/mol. The van der Waals surface area contributed by atoms with Gasteiger partial charge in [-0.1, -0.05) is 127 Å². The Morgan fingerprint density at radius 3 is 1.05 bits per heavy atom. The van der Waals surface area contributed by atoms with Gasteiger partial charge in [0.05, 0.1) is 19.0 Å². The Morgan fingerprint density at radius 1 is 0.419 bits per heavy atom. The lowest BCUT2D eigenvalue weighted by molar-refractivity contribution is -0.187. The minimum atomic E-state index is -0.410. The highest BCUT2D eigenvalue weighted by Gasteiger charge is 2.32. The monoisotopic (exact) mass is 698 g/mol. The normalized spacial score (nSPS) is 13.0. The van der Waals surface area contributed by atoms with Crippen LogP contribution in [0.4, 0.5) is 0 Å². The predicted molar refractivity (Wildman–Crippen MR) is 206 cm³/mol. The van der Waals surface area contributed by atoms with E-state index in [2.05, 4.69) is 41.5 Å². The van der Waals surface area contributed by atoms with Gasteiger partial charge in [0.15, 0.2) is 0 Å². The maximum absolute atomic E-state index is 6.56. The van der Waals surface area contributed by atoms with Crippen LogP contribution in [0.2, 0.25) is 12.1 Å². The van der Waals surface area contributed by atoms with E-state index in [0.717, 1.165) is 65.0 Å². The van der Waals surface area contributed by atoms with Crippen molar-refractivity contribution in [2.24, 2.45) is 0 Å². The van der Waals surface area contributed by atoms with Crippen LogP contribution < -0.4 is 0 Å². The van der Waals surface area contributed by atoms with Crippen molar-refractivity contribution in [1.82, 2.24) is 0 Å². The van der Waals surface area contributed by atoms with Crippen LogP contribution in [0.1, 0.15) is 157 Å². The Balaban J connectivity index is 4.49. The molecule has 4 nitrogen and oxygen atoms in total. The zero-order chi connectivity index (χ0) is 31.7. The zero-order valence-electron chi connectivity index (χ0n) is 29.7. The van der Waals surface area contributed by atoms with Crippen LogP contribution in [-0.4, -0.2) is 67.8 Å². The van der Waals surface area contributed by atoms with Gasteiger partial charge in [0.2, 0.25) is 0 Å². The van der Waals surface area contributed by atoms with Gasteiger partial charge >= 0.3 is 0 Å². The van der Waals surface area contributed by atoms with Crippen molar-refractivity contribution >= 4 is 50.5 Å². The number of hydrogen-bond donors (Lipinski definition) is 0. The standard InChI is InChI=1S/C34H74O4S3Si2/c1-7-13-25-35-33(36-26-14-8-2,42-31-17-11-5)23-19-21-29-39-41-40-30-22-20-24-34(37-27-15-9-3,38-28-16-10-4)43-32-18-12-6/h7-32,42-43H2,1-6H3. The fraction of sp³-hybridized carbons (Fsp3) is 1.00. The Labute approximate surface area is 286 Å². The van der Waals surface area contributed by atoms with Crippen molar-refractivity contribution in [3.63, 3.8) is 0 Å². The molecule has 0 spiro atoms. The Kier molecular flexibility index (Phi) is 34.3. The van der Waals surface area contributed by atoms with Crippen LogP contribution in [0.25, 0.3) is 0 Å². The van der Waals surface area contributed by atoms with Crippen molar-refractivity contribution in [1.29, 1.82) is 0 Å². The van der Waals surface area contributed by atoms with Gasteiger partial charge in [-0.3, -0.25) is 0 Å². The number of hydrogen-bond acceptors (Lipinski definition) is 7. The van der Waals surface area contributed by atoms with Crippen molar-refractivity contribution in [2.75, 3.05) is 37.9 Å². The molecular formula is C34H74O4S3Si2. The van der Waals surface area contributed by atoms with Crippen LogP contribution >= 0.6 is 31.4 Å². The molecule has 0 aliphatic rings. The van der Waals surface area contributed by atoms with Crippen molar-refractivity contribution in [2.45, 2.75) is 180 Å². The van der Waals surface area contributed by atoms with Crippen LogP contribution in [0.3, 0.4) is 0 Å². The van der Waals surface area contributed by atoms with Gasteiger partial charge in [-0.2, -0.15) is 0 Å². The van der Waals surface area contributed by atoms with E-state index in [-0.39, 0.29) is 10.8 Å². The molecule has 0 saturated carbocycles. The van der Waals surface area contributed by atoms with E-state index in [1.165, 1.54) is 101 Å². The molecule has 260 valence electrons. The number of unbranched alkanes of at least 4 members (excludes halogenated alkanes) is 8. The summed E-state index contributed by atoms with van der Waals surface area (Å²) in [5.41, 5.74) is -0.442. The van der Waals surface area contributed by atoms with Gasteiger partial charge in [-0.15, -0.1) is 0 Å². The van der Waals surface area contributed by atoms with E-state index in [1.54, 1.807) is 0 Å². The molecule has 0 aromatic carbocycles. The molecule has 0 aliphatic carbocycles. The first-order valence-electron chi connectivity index (χ1n) is 18.5. The molecule has 0 rings (SSSR count). The highest BCUT2D eigenvalue weighted by atomic mass is 33.5. The molecule has 0 heterocycles. The molecule has 9 heteroatoms. The first-order valence-corrected chi connectivity index (χ1v) is 25.8. The lowest BCUT2D eigenvalue weighted by Crippen LogP contribution is -2.43.